The summed E-state index contributed by atoms with van der Waals surface area (Å²) in [6.07, 6.45) is 0.824. The molecule has 0 bridgehead atoms. The van der Waals surface area contributed by atoms with Gasteiger partial charge in [0.2, 0.25) is 0 Å². The molecule has 0 aliphatic rings. The maximum absolute atomic E-state index is 6.37. The SMILES string of the molecule is Br.Cc1ccc(C(CN)(CCOc2ccccc2)c2ccc(C)cc2)cc1. The first-order valence-corrected chi connectivity index (χ1v) is 9.16. The van der Waals surface area contributed by atoms with Gasteiger partial charge < -0.3 is 10.5 Å². The summed E-state index contributed by atoms with van der Waals surface area (Å²) in [5.74, 6) is 0.895. The average molecular weight is 426 g/mol. The Hall–Kier alpha value is -2.10. The van der Waals surface area contributed by atoms with E-state index in [0.29, 0.717) is 13.2 Å². The molecule has 142 valence electrons. The number of aryl methyl sites for hydroxylation is 2. The number of hydrogen-bond donors (Lipinski definition) is 1. The summed E-state index contributed by atoms with van der Waals surface area (Å²) in [5.41, 5.74) is 11.1. The van der Waals surface area contributed by atoms with Crippen LogP contribution >= 0.6 is 17.0 Å². The van der Waals surface area contributed by atoms with Crippen molar-refractivity contribution in [2.75, 3.05) is 13.2 Å². The zero-order valence-corrected chi connectivity index (χ0v) is 17.7. The normalized spacial score (nSPS) is 10.9. The monoisotopic (exact) mass is 425 g/mol. The molecule has 3 aromatic rings. The number of ether oxygens (including phenoxy) is 1. The number of nitrogens with two attached hydrogens (primary N) is 1. The van der Waals surface area contributed by atoms with Gasteiger partial charge in [0.25, 0.3) is 0 Å². The molecule has 27 heavy (non-hydrogen) atoms. The second-order valence-electron chi connectivity index (χ2n) is 6.93. The second kappa shape index (κ2) is 9.72. The van der Waals surface area contributed by atoms with E-state index in [1.165, 1.54) is 22.3 Å². The molecule has 2 N–H and O–H groups in total. The molecule has 0 aromatic heterocycles. The Morgan fingerprint density at radius 3 is 1.67 bits per heavy atom. The number of rotatable bonds is 7. The molecule has 3 aromatic carbocycles. The summed E-state index contributed by atoms with van der Waals surface area (Å²) in [6, 6.07) is 27.4. The van der Waals surface area contributed by atoms with Gasteiger partial charge in [-0.3, -0.25) is 0 Å². The summed E-state index contributed by atoms with van der Waals surface area (Å²) in [6.45, 7) is 5.37. The zero-order valence-electron chi connectivity index (χ0n) is 16.0. The van der Waals surface area contributed by atoms with Crippen LogP contribution < -0.4 is 10.5 Å². The molecule has 0 fully saturated rings. The van der Waals surface area contributed by atoms with E-state index >= 15 is 0 Å². The van der Waals surface area contributed by atoms with Gasteiger partial charge >= 0.3 is 0 Å². The van der Waals surface area contributed by atoms with E-state index in [0.717, 1.165) is 12.2 Å². The van der Waals surface area contributed by atoms with Crippen LogP contribution in [0.5, 0.6) is 5.75 Å². The Kier molecular flexibility index (Phi) is 7.64. The van der Waals surface area contributed by atoms with Crippen LogP contribution in [-0.4, -0.2) is 13.2 Å². The maximum Gasteiger partial charge on any atom is 0.119 e. The molecule has 0 amide bonds. The highest BCUT2D eigenvalue weighted by Crippen LogP contribution is 2.35. The van der Waals surface area contributed by atoms with Crippen LogP contribution in [0.3, 0.4) is 0 Å². The minimum absolute atomic E-state index is 0. The molecule has 0 aliphatic carbocycles. The number of halogens is 1. The lowest BCUT2D eigenvalue weighted by Gasteiger charge is -2.34. The first-order chi connectivity index (χ1) is 12.6. The highest BCUT2D eigenvalue weighted by atomic mass is 79.9. The van der Waals surface area contributed by atoms with E-state index in [1.54, 1.807) is 0 Å². The quantitative estimate of drug-likeness (QED) is 0.534. The predicted octanol–water partition coefficient (Wildman–Crippen LogP) is 5.60. The van der Waals surface area contributed by atoms with Gasteiger partial charge in [0, 0.05) is 12.0 Å². The van der Waals surface area contributed by atoms with Crippen molar-refractivity contribution >= 4 is 17.0 Å². The van der Waals surface area contributed by atoms with Crippen molar-refractivity contribution < 1.29 is 4.74 Å². The predicted molar refractivity (Wildman–Crippen MR) is 119 cm³/mol. The molecule has 0 saturated carbocycles. The Morgan fingerprint density at radius 1 is 0.741 bits per heavy atom. The molecule has 0 unspecified atom stereocenters. The van der Waals surface area contributed by atoms with Gasteiger partial charge in [0.15, 0.2) is 0 Å². The third-order valence-electron chi connectivity index (χ3n) is 5.10. The van der Waals surface area contributed by atoms with Crippen molar-refractivity contribution in [1.82, 2.24) is 0 Å². The van der Waals surface area contributed by atoms with E-state index in [1.807, 2.05) is 30.3 Å². The Balaban J connectivity index is 0.00000261. The lowest BCUT2D eigenvalue weighted by Crippen LogP contribution is -2.38. The smallest absolute Gasteiger partial charge is 0.119 e. The van der Waals surface area contributed by atoms with Crippen molar-refractivity contribution in [1.29, 1.82) is 0 Å². The van der Waals surface area contributed by atoms with E-state index in [2.05, 4.69) is 62.4 Å². The van der Waals surface area contributed by atoms with Crippen LogP contribution in [0.25, 0.3) is 0 Å². The topological polar surface area (TPSA) is 35.2 Å². The van der Waals surface area contributed by atoms with Gasteiger partial charge in [-0.25, -0.2) is 0 Å². The number of benzene rings is 3. The zero-order chi connectivity index (χ0) is 18.4. The average Bonchev–Trinajstić information content (AvgIpc) is 2.68. The number of hydrogen-bond acceptors (Lipinski definition) is 2. The lowest BCUT2D eigenvalue weighted by molar-refractivity contribution is 0.275. The molecule has 2 nitrogen and oxygen atoms in total. The fourth-order valence-electron chi connectivity index (χ4n) is 3.40. The van der Waals surface area contributed by atoms with Crippen molar-refractivity contribution in [3.63, 3.8) is 0 Å². The van der Waals surface area contributed by atoms with Crippen molar-refractivity contribution in [2.45, 2.75) is 25.7 Å². The highest BCUT2D eigenvalue weighted by Gasteiger charge is 2.33. The fraction of sp³-hybridized carbons (Fsp3) is 0.250. The molecule has 0 atom stereocenters. The van der Waals surface area contributed by atoms with Crippen molar-refractivity contribution in [3.05, 3.63) is 101 Å². The largest absolute Gasteiger partial charge is 0.494 e. The second-order valence-corrected chi connectivity index (χ2v) is 6.93. The minimum Gasteiger partial charge on any atom is -0.494 e. The lowest BCUT2D eigenvalue weighted by atomic mass is 9.72. The van der Waals surface area contributed by atoms with Crippen LogP contribution in [0.1, 0.15) is 28.7 Å². The third-order valence-corrected chi connectivity index (χ3v) is 5.10. The molecule has 3 rings (SSSR count). The van der Waals surface area contributed by atoms with Crippen molar-refractivity contribution in [3.8, 4) is 5.75 Å². The van der Waals surface area contributed by atoms with Crippen molar-refractivity contribution in [2.24, 2.45) is 5.73 Å². The van der Waals surface area contributed by atoms with Gasteiger partial charge in [-0.15, -0.1) is 17.0 Å². The maximum atomic E-state index is 6.37. The first-order valence-electron chi connectivity index (χ1n) is 9.16. The van der Waals surface area contributed by atoms with Gasteiger partial charge in [0.1, 0.15) is 5.75 Å². The molecule has 0 radical (unpaired) electrons. The molecular formula is C24H28BrNO. The molecule has 3 heteroatoms. The molecular weight excluding hydrogens is 398 g/mol. The van der Waals surface area contributed by atoms with Crippen LogP contribution in [-0.2, 0) is 5.41 Å². The van der Waals surface area contributed by atoms with Gasteiger partial charge in [0.05, 0.1) is 6.61 Å². The Bertz CT molecular complexity index is 768. The highest BCUT2D eigenvalue weighted by molar-refractivity contribution is 8.93. The minimum atomic E-state index is -0.254. The number of para-hydroxylation sites is 1. The van der Waals surface area contributed by atoms with Gasteiger partial charge in [-0.05, 0) is 43.5 Å². The summed E-state index contributed by atoms with van der Waals surface area (Å²) in [7, 11) is 0. The van der Waals surface area contributed by atoms with Crippen LogP contribution in [0, 0.1) is 13.8 Å². The first kappa shape index (κ1) is 21.2. The summed E-state index contributed by atoms with van der Waals surface area (Å²) in [4.78, 5) is 0. The van der Waals surface area contributed by atoms with Crippen LogP contribution in [0.15, 0.2) is 78.9 Å². The molecule has 0 heterocycles. The summed E-state index contributed by atoms with van der Waals surface area (Å²) >= 11 is 0. The van der Waals surface area contributed by atoms with E-state index in [4.69, 9.17) is 10.5 Å². The summed E-state index contributed by atoms with van der Waals surface area (Å²) < 4.78 is 6.00. The fourth-order valence-corrected chi connectivity index (χ4v) is 3.40. The third kappa shape index (κ3) is 5.00. The van der Waals surface area contributed by atoms with E-state index < -0.39 is 0 Å². The van der Waals surface area contributed by atoms with Gasteiger partial charge in [-0.2, -0.15) is 0 Å². The molecule has 0 aliphatic heterocycles. The van der Waals surface area contributed by atoms with E-state index in [-0.39, 0.29) is 22.4 Å². The molecule has 0 saturated heterocycles. The Labute approximate surface area is 173 Å². The Morgan fingerprint density at radius 2 is 1.22 bits per heavy atom. The summed E-state index contributed by atoms with van der Waals surface area (Å²) in [5, 5.41) is 0. The molecule has 0 spiro atoms. The van der Waals surface area contributed by atoms with Crippen LogP contribution in [0.4, 0.5) is 0 Å². The van der Waals surface area contributed by atoms with Crippen LogP contribution in [0.2, 0.25) is 0 Å². The van der Waals surface area contributed by atoms with E-state index in [9.17, 15) is 0 Å². The standard InChI is InChI=1S/C24H27NO.BrH/c1-19-8-12-21(13-9-19)24(18-25,22-14-10-20(2)11-15-22)16-17-26-23-6-4-3-5-7-23;/h3-15H,16-18,25H2,1-2H3;1H. The van der Waals surface area contributed by atoms with Gasteiger partial charge in [-0.1, -0.05) is 77.9 Å².